The fourth-order valence-electron chi connectivity index (χ4n) is 4.74. The number of hydrogen-bond donors (Lipinski definition) is 2. The molecule has 2 aromatic rings. The zero-order valence-electron chi connectivity index (χ0n) is 18.1. The highest BCUT2D eigenvalue weighted by molar-refractivity contribution is 6.30. The van der Waals surface area contributed by atoms with Crippen molar-refractivity contribution < 1.29 is 14.6 Å². The second-order valence-electron chi connectivity index (χ2n) is 8.67. The van der Waals surface area contributed by atoms with Crippen LogP contribution in [0.2, 0.25) is 10.0 Å². The highest BCUT2D eigenvalue weighted by Gasteiger charge is 2.43. The summed E-state index contributed by atoms with van der Waals surface area (Å²) in [6.07, 6.45) is 6.02. The molecule has 0 bridgehead atoms. The number of aliphatic hydroxyl groups is 1. The van der Waals surface area contributed by atoms with Gasteiger partial charge in [0.2, 0.25) is 0 Å². The van der Waals surface area contributed by atoms with E-state index in [0.717, 1.165) is 43.5 Å². The number of carbonyl (C=O) groups excluding carboxylic acids is 1. The summed E-state index contributed by atoms with van der Waals surface area (Å²) in [4.78, 5) is 13.6. The van der Waals surface area contributed by atoms with Crippen LogP contribution in [0.25, 0.3) is 0 Å². The molecule has 4 unspecified atom stereocenters. The van der Waals surface area contributed by atoms with E-state index in [-0.39, 0.29) is 24.3 Å². The van der Waals surface area contributed by atoms with Crippen LogP contribution in [0.1, 0.15) is 61.9 Å². The van der Waals surface area contributed by atoms with Gasteiger partial charge >= 0.3 is 6.09 Å². The van der Waals surface area contributed by atoms with Crippen molar-refractivity contribution in [2.45, 2.75) is 62.8 Å². The molecule has 172 valence electrons. The van der Waals surface area contributed by atoms with Gasteiger partial charge in [0.15, 0.2) is 0 Å². The van der Waals surface area contributed by atoms with E-state index in [1.54, 1.807) is 0 Å². The normalized spacial score (nSPS) is 25.9. The predicted octanol–water partition coefficient (Wildman–Crippen LogP) is 5.90. The first-order valence-corrected chi connectivity index (χ1v) is 12.2. The van der Waals surface area contributed by atoms with E-state index in [0.29, 0.717) is 10.0 Å². The van der Waals surface area contributed by atoms with Gasteiger partial charge in [-0.1, -0.05) is 53.9 Å². The number of benzene rings is 2. The van der Waals surface area contributed by atoms with Crippen molar-refractivity contribution in [3.63, 3.8) is 0 Å². The molecule has 0 spiro atoms. The Morgan fingerprint density at radius 1 is 0.938 bits per heavy atom. The Labute approximate surface area is 199 Å². The van der Waals surface area contributed by atoms with Crippen LogP contribution in [0.3, 0.4) is 0 Å². The van der Waals surface area contributed by atoms with Crippen LogP contribution in [0, 0.1) is 0 Å². The molecule has 3 heterocycles. The minimum atomic E-state index is -0.414. The van der Waals surface area contributed by atoms with Crippen molar-refractivity contribution in [2.75, 3.05) is 13.1 Å². The molecular formula is C25H30Cl2N2O3. The maximum atomic E-state index is 11.7. The van der Waals surface area contributed by atoms with E-state index in [9.17, 15) is 9.90 Å². The Morgan fingerprint density at radius 2 is 1.59 bits per heavy atom. The Hall–Kier alpha value is -1.79. The summed E-state index contributed by atoms with van der Waals surface area (Å²) in [5.74, 6) is 0. The topological polar surface area (TPSA) is 61.8 Å². The third-order valence-corrected chi connectivity index (χ3v) is 7.00. The molecule has 0 saturated carbocycles. The quantitative estimate of drug-likeness (QED) is 0.578. The van der Waals surface area contributed by atoms with E-state index < -0.39 is 6.10 Å². The SMILES string of the molecule is O=C1OC(c2ccc(Cl)cc2)C2CCCCN12.OC(c1ccc(Cl)cc1)C1CCCCN1. The first kappa shape index (κ1) is 23.4. The lowest BCUT2D eigenvalue weighted by Crippen LogP contribution is -2.38. The van der Waals surface area contributed by atoms with Crippen molar-refractivity contribution in [3.05, 3.63) is 69.7 Å². The van der Waals surface area contributed by atoms with Gasteiger partial charge in [0.1, 0.15) is 6.10 Å². The van der Waals surface area contributed by atoms with Gasteiger partial charge in [0.25, 0.3) is 0 Å². The smallest absolute Gasteiger partial charge is 0.410 e. The summed E-state index contributed by atoms with van der Waals surface area (Å²) < 4.78 is 5.48. The standard InChI is InChI=1S/C13H14ClNO2.C12H16ClNO/c14-10-6-4-9(5-7-10)12-11-3-1-2-8-15(11)13(16)17-12;13-10-6-4-9(5-7-10)12(15)11-3-1-2-8-14-11/h4-7,11-12H,1-3,8H2;4-7,11-12,14-15H,1-3,8H2. The first-order valence-electron chi connectivity index (χ1n) is 11.4. The number of halogens is 2. The van der Waals surface area contributed by atoms with Gasteiger partial charge in [0.05, 0.1) is 12.1 Å². The van der Waals surface area contributed by atoms with Gasteiger partial charge in [-0.3, -0.25) is 0 Å². The molecule has 3 aliphatic heterocycles. The molecule has 2 aromatic carbocycles. The summed E-state index contributed by atoms with van der Waals surface area (Å²) >= 11 is 11.7. The molecule has 0 aliphatic carbocycles. The summed E-state index contributed by atoms with van der Waals surface area (Å²) in [7, 11) is 0. The number of hydrogen-bond acceptors (Lipinski definition) is 4. The minimum absolute atomic E-state index is 0.125. The second-order valence-corrected chi connectivity index (χ2v) is 9.54. The maximum Gasteiger partial charge on any atom is 0.410 e. The van der Waals surface area contributed by atoms with Crippen LogP contribution in [-0.4, -0.2) is 41.3 Å². The lowest BCUT2D eigenvalue weighted by Gasteiger charge is -2.28. The fraction of sp³-hybridized carbons (Fsp3) is 0.480. The second kappa shape index (κ2) is 10.9. The van der Waals surface area contributed by atoms with Crippen LogP contribution in [-0.2, 0) is 4.74 Å². The number of piperidine rings is 2. The highest BCUT2D eigenvalue weighted by atomic mass is 35.5. The predicted molar refractivity (Wildman–Crippen MR) is 127 cm³/mol. The number of aliphatic hydroxyl groups excluding tert-OH is 1. The molecule has 5 rings (SSSR count). The van der Waals surface area contributed by atoms with Crippen molar-refractivity contribution in [1.29, 1.82) is 0 Å². The molecule has 0 radical (unpaired) electrons. The Morgan fingerprint density at radius 3 is 2.25 bits per heavy atom. The number of fused-ring (bicyclic) bond motifs is 1. The number of rotatable bonds is 3. The van der Waals surface area contributed by atoms with Crippen LogP contribution >= 0.6 is 23.2 Å². The minimum Gasteiger partial charge on any atom is -0.439 e. The van der Waals surface area contributed by atoms with Gasteiger partial charge in [-0.05, 0) is 74.0 Å². The Kier molecular flexibility index (Phi) is 7.95. The van der Waals surface area contributed by atoms with E-state index in [4.69, 9.17) is 27.9 Å². The summed E-state index contributed by atoms with van der Waals surface area (Å²) in [6, 6.07) is 15.4. The van der Waals surface area contributed by atoms with Crippen LogP contribution in [0.5, 0.6) is 0 Å². The van der Waals surface area contributed by atoms with Gasteiger partial charge in [-0.25, -0.2) is 4.79 Å². The Balaban J connectivity index is 0.000000155. The third kappa shape index (κ3) is 5.57. The highest BCUT2D eigenvalue weighted by Crippen LogP contribution is 2.37. The molecule has 3 saturated heterocycles. The van der Waals surface area contributed by atoms with E-state index in [2.05, 4.69) is 5.32 Å². The van der Waals surface area contributed by atoms with E-state index in [1.807, 2.05) is 53.4 Å². The molecular weight excluding hydrogens is 447 g/mol. The number of ether oxygens (including phenoxy) is 1. The number of cyclic esters (lactones) is 1. The Bertz CT molecular complexity index is 885. The maximum absolute atomic E-state index is 11.7. The van der Waals surface area contributed by atoms with Crippen LogP contribution in [0.15, 0.2) is 48.5 Å². The van der Waals surface area contributed by atoms with Crippen LogP contribution in [0.4, 0.5) is 4.79 Å². The number of carbonyl (C=O) groups is 1. The fourth-order valence-corrected chi connectivity index (χ4v) is 4.99. The van der Waals surface area contributed by atoms with Crippen molar-refractivity contribution in [3.8, 4) is 0 Å². The van der Waals surface area contributed by atoms with Gasteiger partial charge in [-0.15, -0.1) is 0 Å². The molecule has 4 atom stereocenters. The lowest BCUT2D eigenvalue weighted by atomic mass is 9.94. The zero-order valence-corrected chi connectivity index (χ0v) is 19.6. The summed E-state index contributed by atoms with van der Waals surface area (Å²) in [5, 5.41) is 14.9. The molecule has 5 nitrogen and oxygen atoms in total. The average molecular weight is 477 g/mol. The third-order valence-electron chi connectivity index (χ3n) is 6.50. The number of nitrogens with zero attached hydrogens (tertiary/aromatic N) is 1. The molecule has 7 heteroatoms. The van der Waals surface area contributed by atoms with E-state index in [1.165, 1.54) is 19.3 Å². The first-order chi connectivity index (χ1) is 15.5. The largest absolute Gasteiger partial charge is 0.439 e. The van der Waals surface area contributed by atoms with Crippen molar-refractivity contribution in [1.82, 2.24) is 10.2 Å². The molecule has 1 amide bonds. The molecule has 32 heavy (non-hydrogen) atoms. The van der Waals surface area contributed by atoms with Gasteiger partial charge in [0, 0.05) is 22.6 Å². The summed E-state index contributed by atoms with van der Waals surface area (Å²) in [5.41, 5.74) is 1.98. The number of amides is 1. The molecule has 0 aromatic heterocycles. The zero-order chi connectivity index (χ0) is 22.5. The molecule has 3 fully saturated rings. The average Bonchev–Trinajstić information content (AvgIpc) is 3.17. The van der Waals surface area contributed by atoms with Crippen LogP contribution < -0.4 is 5.32 Å². The lowest BCUT2D eigenvalue weighted by molar-refractivity contribution is 0.114. The monoisotopic (exact) mass is 476 g/mol. The van der Waals surface area contributed by atoms with Gasteiger partial charge < -0.3 is 20.1 Å². The summed E-state index contributed by atoms with van der Waals surface area (Å²) in [6.45, 7) is 1.84. The number of nitrogens with one attached hydrogen (secondary N) is 1. The molecule has 2 N–H and O–H groups in total. The van der Waals surface area contributed by atoms with Gasteiger partial charge in [-0.2, -0.15) is 0 Å². The van der Waals surface area contributed by atoms with Crippen molar-refractivity contribution in [2.24, 2.45) is 0 Å². The van der Waals surface area contributed by atoms with E-state index >= 15 is 0 Å². The molecule has 3 aliphatic rings. The van der Waals surface area contributed by atoms with Crippen molar-refractivity contribution >= 4 is 29.3 Å².